The van der Waals surface area contributed by atoms with Crippen LogP contribution in [-0.4, -0.2) is 35.5 Å². The normalized spacial score (nSPS) is 21.0. The van der Waals surface area contributed by atoms with Gasteiger partial charge in [0, 0.05) is 24.3 Å². The van der Waals surface area contributed by atoms with Crippen LogP contribution in [0.15, 0.2) is 22.7 Å². The van der Waals surface area contributed by atoms with Crippen LogP contribution in [0, 0.1) is 16.0 Å². The van der Waals surface area contributed by atoms with Crippen molar-refractivity contribution in [1.82, 2.24) is 4.90 Å². The van der Waals surface area contributed by atoms with Crippen LogP contribution >= 0.6 is 15.9 Å². The van der Waals surface area contributed by atoms with Crippen molar-refractivity contribution in [2.45, 2.75) is 32.7 Å². The van der Waals surface area contributed by atoms with Gasteiger partial charge in [0.1, 0.15) is 0 Å². The zero-order chi connectivity index (χ0) is 15.4. The van der Waals surface area contributed by atoms with Crippen LogP contribution < -0.4 is 5.32 Å². The largest absolute Gasteiger partial charge is 0.382 e. The van der Waals surface area contributed by atoms with Crippen molar-refractivity contribution in [3.05, 3.63) is 32.8 Å². The second kappa shape index (κ2) is 7.22. The molecule has 0 aliphatic carbocycles. The smallest absolute Gasteiger partial charge is 0.285 e. The van der Waals surface area contributed by atoms with E-state index in [2.05, 4.69) is 40.0 Å². The molecule has 0 saturated carbocycles. The van der Waals surface area contributed by atoms with Gasteiger partial charge in [-0.05, 0) is 66.8 Å². The lowest BCUT2D eigenvalue weighted by atomic mass is 9.91. The van der Waals surface area contributed by atoms with Gasteiger partial charge in [0.05, 0.1) is 9.40 Å². The Morgan fingerprint density at radius 3 is 3.00 bits per heavy atom. The summed E-state index contributed by atoms with van der Waals surface area (Å²) in [5, 5.41) is 14.4. The number of piperidine rings is 1. The highest BCUT2D eigenvalue weighted by Crippen LogP contribution is 2.29. The zero-order valence-corrected chi connectivity index (χ0v) is 14.1. The van der Waals surface area contributed by atoms with E-state index in [-0.39, 0.29) is 10.6 Å². The number of halogens is 1. The number of nitrogens with one attached hydrogen (secondary N) is 1. The summed E-state index contributed by atoms with van der Waals surface area (Å²) < 4.78 is 0.514. The third-order valence-electron chi connectivity index (χ3n) is 4.23. The SMILES string of the molecule is CCN1CCCC(C(C)Nc2ccc(Br)c([N+](=O)[O-])c2)C1. The summed E-state index contributed by atoms with van der Waals surface area (Å²) in [6.07, 6.45) is 2.44. The second-order valence-electron chi connectivity index (χ2n) is 5.65. The van der Waals surface area contributed by atoms with Crippen LogP contribution in [0.1, 0.15) is 26.7 Å². The number of rotatable bonds is 5. The Labute approximate surface area is 134 Å². The predicted octanol–water partition coefficient (Wildman–Crippen LogP) is 3.89. The van der Waals surface area contributed by atoms with Crippen molar-refractivity contribution in [2.75, 3.05) is 25.0 Å². The van der Waals surface area contributed by atoms with Crippen LogP contribution in [0.5, 0.6) is 0 Å². The van der Waals surface area contributed by atoms with Crippen molar-refractivity contribution in [1.29, 1.82) is 0 Å². The van der Waals surface area contributed by atoms with Gasteiger partial charge in [-0.3, -0.25) is 10.1 Å². The topological polar surface area (TPSA) is 58.4 Å². The van der Waals surface area contributed by atoms with Crippen molar-refractivity contribution >= 4 is 27.3 Å². The van der Waals surface area contributed by atoms with Crippen LogP contribution in [-0.2, 0) is 0 Å². The van der Waals surface area contributed by atoms with Gasteiger partial charge in [0.2, 0.25) is 0 Å². The molecule has 2 atom stereocenters. The summed E-state index contributed by atoms with van der Waals surface area (Å²) >= 11 is 3.21. The Hall–Kier alpha value is -1.14. The molecular formula is C15H22BrN3O2. The molecule has 5 nitrogen and oxygen atoms in total. The maximum atomic E-state index is 11.0. The summed E-state index contributed by atoms with van der Waals surface area (Å²) in [6, 6.07) is 5.52. The molecule has 1 aliphatic rings. The van der Waals surface area contributed by atoms with E-state index in [0.29, 0.717) is 16.4 Å². The third kappa shape index (κ3) is 4.17. The highest BCUT2D eigenvalue weighted by atomic mass is 79.9. The van der Waals surface area contributed by atoms with Crippen LogP contribution in [0.25, 0.3) is 0 Å². The van der Waals surface area contributed by atoms with E-state index < -0.39 is 0 Å². The van der Waals surface area contributed by atoms with Gasteiger partial charge in [0.25, 0.3) is 5.69 Å². The van der Waals surface area contributed by atoms with Crippen molar-refractivity contribution in [3.8, 4) is 0 Å². The molecule has 1 saturated heterocycles. The molecule has 1 aromatic carbocycles. The minimum Gasteiger partial charge on any atom is -0.382 e. The molecule has 21 heavy (non-hydrogen) atoms. The average molecular weight is 356 g/mol. The summed E-state index contributed by atoms with van der Waals surface area (Å²) in [4.78, 5) is 13.1. The van der Waals surface area contributed by atoms with E-state index in [0.717, 1.165) is 18.8 Å². The summed E-state index contributed by atoms with van der Waals surface area (Å²) in [7, 11) is 0. The molecule has 2 rings (SSSR count). The maximum Gasteiger partial charge on any atom is 0.285 e. The first-order chi connectivity index (χ1) is 10.0. The van der Waals surface area contributed by atoms with Crippen molar-refractivity contribution < 1.29 is 4.92 Å². The molecule has 1 heterocycles. The van der Waals surface area contributed by atoms with Gasteiger partial charge >= 0.3 is 0 Å². The number of benzene rings is 1. The molecule has 0 radical (unpaired) electrons. The number of anilines is 1. The van der Waals surface area contributed by atoms with Gasteiger partial charge in [0.15, 0.2) is 0 Å². The molecule has 2 unspecified atom stereocenters. The van der Waals surface area contributed by atoms with Crippen LogP contribution in [0.2, 0.25) is 0 Å². The Morgan fingerprint density at radius 1 is 1.57 bits per heavy atom. The lowest BCUT2D eigenvalue weighted by Crippen LogP contribution is -2.41. The van der Waals surface area contributed by atoms with Gasteiger partial charge in [-0.25, -0.2) is 0 Å². The molecule has 1 N–H and O–H groups in total. The van der Waals surface area contributed by atoms with Gasteiger partial charge in [-0.2, -0.15) is 0 Å². The van der Waals surface area contributed by atoms with Crippen molar-refractivity contribution in [2.24, 2.45) is 5.92 Å². The quantitative estimate of drug-likeness (QED) is 0.642. The molecule has 1 aromatic rings. The highest BCUT2D eigenvalue weighted by molar-refractivity contribution is 9.10. The number of hydrogen-bond acceptors (Lipinski definition) is 4. The number of likely N-dealkylation sites (tertiary alicyclic amines) is 1. The van der Waals surface area contributed by atoms with Crippen molar-refractivity contribution in [3.63, 3.8) is 0 Å². The number of nitro benzene ring substituents is 1. The van der Waals surface area contributed by atoms with E-state index in [9.17, 15) is 10.1 Å². The van der Waals surface area contributed by atoms with Gasteiger partial charge < -0.3 is 10.2 Å². The highest BCUT2D eigenvalue weighted by Gasteiger charge is 2.24. The van der Waals surface area contributed by atoms with E-state index >= 15 is 0 Å². The fraction of sp³-hybridized carbons (Fsp3) is 0.600. The minimum absolute atomic E-state index is 0.103. The summed E-state index contributed by atoms with van der Waals surface area (Å²) in [6.45, 7) is 7.73. The molecule has 6 heteroatoms. The van der Waals surface area contributed by atoms with E-state index in [1.165, 1.54) is 19.4 Å². The summed E-state index contributed by atoms with van der Waals surface area (Å²) in [5.41, 5.74) is 0.914. The standard InChI is InChI=1S/C15H22BrN3O2/c1-3-18-8-4-5-12(10-18)11(2)17-13-6-7-14(16)15(9-13)19(20)21/h6-7,9,11-12,17H,3-5,8,10H2,1-2H3. The molecule has 0 amide bonds. The van der Waals surface area contributed by atoms with Crippen LogP contribution in [0.4, 0.5) is 11.4 Å². The first kappa shape index (κ1) is 16.2. The zero-order valence-electron chi connectivity index (χ0n) is 12.5. The first-order valence-corrected chi connectivity index (χ1v) is 8.23. The minimum atomic E-state index is -0.362. The number of hydrogen-bond donors (Lipinski definition) is 1. The Bertz CT molecular complexity index is 510. The van der Waals surface area contributed by atoms with Gasteiger partial charge in [-0.15, -0.1) is 0 Å². The number of nitro groups is 1. The monoisotopic (exact) mass is 355 g/mol. The molecular weight excluding hydrogens is 334 g/mol. The van der Waals surface area contributed by atoms with E-state index in [4.69, 9.17) is 0 Å². The number of nitrogens with zero attached hydrogens (tertiary/aromatic N) is 2. The lowest BCUT2D eigenvalue weighted by molar-refractivity contribution is -0.385. The fourth-order valence-corrected chi connectivity index (χ4v) is 3.30. The Balaban J connectivity index is 2.03. The molecule has 0 spiro atoms. The molecule has 1 aliphatic heterocycles. The van der Waals surface area contributed by atoms with Crippen LogP contribution in [0.3, 0.4) is 0 Å². The fourth-order valence-electron chi connectivity index (χ4n) is 2.91. The predicted molar refractivity (Wildman–Crippen MR) is 88.7 cm³/mol. The summed E-state index contributed by atoms with van der Waals surface area (Å²) in [5.74, 6) is 0.585. The Kier molecular flexibility index (Phi) is 5.58. The molecule has 116 valence electrons. The van der Waals surface area contributed by atoms with Gasteiger partial charge in [-0.1, -0.05) is 6.92 Å². The third-order valence-corrected chi connectivity index (χ3v) is 4.90. The first-order valence-electron chi connectivity index (χ1n) is 7.44. The molecule has 1 fully saturated rings. The Morgan fingerprint density at radius 2 is 2.33 bits per heavy atom. The maximum absolute atomic E-state index is 11.0. The average Bonchev–Trinajstić information content (AvgIpc) is 2.49. The second-order valence-corrected chi connectivity index (χ2v) is 6.51. The molecule has 0 aromatic heterocycles. The van der Waals surface area contributed by atoms with E-state index in [1.54, 1.807) is 12.1 Å². The molecule has 0 bridgehead atoms. The lowest BCUT2D eigenvalue weighted by Gasteiger charge is -2.35. The van der Waals surface area contributed by atoms with E-state index in [1.807, 2.05) is 6.07 Å².